The molecular formula is C22H24O4. The van der Waals surface area contributed by atoms with Crippen LogP contribution in [0.4, 0.5) is 0 Å². The van der Waals surface area contributed by atoms with Gasteiger partial charge in [-0.3, -0.25) is 0 Å². The molecule has 0 bridgehead atoms. The second-order valence-electron chi connectivity index (χ2n) is 6.72. The second kappa shape index (κ2) is 7.52. The van der Waals surface area contributed by atoms with Gasteiger partial charge in [0.25, 0.3) is 0 Å². The third-order valence-electron chi connectivity index (χ3n) is 4.64. The van der Waals surface area contributed by atoms with Crippen LogP contribution in [-0.2, 0) is 22.3 Å². The Bertz CT molecular complexity index is 818. The highest BCUT2D eigenvalue weighted by Crippen LogP contribution is 2.39. The maximum absolute atomic E-state index is 6.19. The summed E-state index contributed by atoms with van der Waals surface area (Å²) in [6.45, 7) is 10.3. The van der Waals surface area contributed by atoms with E-state index in [1.807, 2.05) is 6.08 Å². The summed E-state index contributed by atoms with van der Waals surface area (Å²) in [6.07, 6.45) is 5.80. The standard InChI is InChI=1S/C22H24O4/c1-3-5-15-6-8-20-19(21(15)23-10-4-2)9-7-16(11-17-12-24-17)22(20)26-14-18-13-25-18/h3-4,6-9,17-18H,1-2,5,10-14H2. The Kier molecular flexibility index (Phi) is 4.96. The molecule has 4 heteroatoms. The molecule has 2 aliphatic heterocycles. The van der Waals surface area contributed by atoms with Gasteiger partial charge in [0.15, 0.2) is 0 Å². The molecule has 0 spiro atoms. The number of fused-ring (bicyclic) bond motifs is 1. The number of epoxide rings is 2. The van der Waals surface area contributed by atoms with Gasteiger partial charge in [-0.2, -0.15) is 0 Å². The van der Waals surface area contributed by atoms with Crippen LogP contribution in [-0.4, -0.2) is 38.6 Å². The van der Waals surface area contributed by atoms with Crippen LogP contribution in [0, 0.1) is 0 Å². The van der Waals surface area contributed by atoms with E-state index in [4.69, 9.17) is 18.9 Å². The van der Waals surface area contributed by atoms with Crippen molar-refractivity contribution in [2.75, 3.05) is 26.4 Å². The van der Waals surface area contributed by atoms with E-state index in [2.05, 4.69) is 37.4 Å². The SMILES string of the molecule is C=CCOc1c(CC=C)ccc2c(OCC3CO3)c(CC3CO3)ccc12. The maximum atomic E-state index is 6.19. The van der Waals surface area contributed by atoms with Crippen molar-refractivity contribution < 1.29 is 18.9 Å². The second-order valence-corrected chi connectivity index (χ2v) is 6.72. The van der Waals surface area contributed by atoms with E-state index in [1.165, 1.54) is 5.56 Å². The molecule has 0 aromatic heterocycles. The molecule has 0 amide bonds. The smallest absolute Gasteiger partial charge is 0.131 e. The lowest BCUT2D eigenvalue weighted by Gasteiger charge is -2.18. The van der Waals surface area contributed by atoms with Crippen molar-refractivity contribution in [1.82, 2.24) is 0 Å². The number of benzene rings is 2. The molecule has 2 fully saturated rings. The van der Waals surface area contributed by atoms with Gasteiger partial charge in [0.2, 0.25) is 0 Å². The largest absolute Gasteiger partial charge is 0.490 e. The van der Waals surface area contributed by atoms with Gasteiger partial charge in [0.05, 0.1) is 19.3 Å². The van der Waals surface area contributed by atoms with Crippen molar-refractivity contribution >= 4 is 10.8 Å². The Morgan fingerprint density at radius 1 is 0.885 bits per heavy atom. The lowest BCUT2D eigenvalue weighted by Crippen LogP contribution is -2.08. The molecule has 2 unspecified atom stereocenters. The van der Waals surface area contributed by atoms with Gasteiger partial charge in [-0.15, -0.1) is 6.58 Å². The highest BCUT2D eigenvalue weighted by molar-refractivity contribution is 5.95. The van der Waals surface area contributed by atoms with Gasteiger partial charge in [-0.25, -0.2) is 0 Å². The molecule has 2 heterocycles. The molecule has 26 heavy (non-hydrogen) atoms. The fourth-order valence-electron chi connectivity index (χ4n) is 3.17. The summed E-state index contributed by atoms with van der Waals surface area (Å²) in [7, 11) is 0. The van der Waals surface area contributed by atoms with Crippen LogP contribution in [0.25, 0.3) is 10.8 Å². The van der Waals surface area contributed by atoms with Crippen LogP contribution in [0.5, 0.6) is 11.5 Å². The van der Waals surface area contributed by atoms with Gasteiger partial charge in [-0.1, -0.05) is 43.0 Å². The molecular weight excluding hydrogens is 328 g/mol. The van der Waals surface area contributed by atoms with Crippen LogP contribution in [0.2, 0.25) is 0 Å². The molecule has 2 aromatic carbocycles. The monoisotopic (exact) mass is 352 g/mol. The Morgan fingerprint density at radius 3 is 2.15 bits per heavy atom. The van der Waals surface area contributed by atoms with Crippen molar-refractivity contribution in [3.05, 3.63) is 60.7 Å². The van der Waals surface area contributed by atoms with Crippen LogP contribution in [0.1, 0.15) is 11.1 Å². The molecule has 0 N–H and O–H groups in total. The molecule has 2 saturated heterocycles. The number of ether oxygens (including phenoxy) is 4. The lowest BCUT2D eigenvalue weighted by atomic mass is 9.98. The minimum Gasteiger partial charge on any atom is -0.490 e. The first kappa shape index (κ1) is 17.1. The van der Waals surface area contributed by atoms with Gasteiger partial charge < -0.3 is 18.9 Å². The normalized spacial score (nSPS) is 20.6. The average molecular weight is 352 g/mol. The fourth-order valence-corrected chi connectivity index (χ4v) is 3.17. The third kappa shape index (κ3) is 3.76. The minimum atomic E-state index is 0.215. The molecule has 0 radical (unpaired) electrons. The third-order valence-corrected chi connectivity index (χ3v) is 4.64. The zero-order valence-corrected chi connectivity index (χ0v) is 14.9. The summed E-state index contributed by atoms with van der Waals surface area (Å²) in [4.78, 5) is 0. The van der Waals surface area contributed by atoms with Gasteiger partial charge in [0.1, 0.15) is 30.8 Å². The highest BCUT2D eigenvalue weighted by Gasteiger charge is 2.27. The first-order valence-electron chi connectivity index (χ1n) is 9.08. The molecule has 2 atom stereocenters. The number of hydrogen-bond acceptors (Lipinski definition) is 4. The summed E-state index contributed by atoms with van der Waals surface area (Å²) in [6, 6.07) is 8.47. The fraction of sp³-hybridized carbons (Fsp3) is 0.364. The molecule has 0 saturated carbocycles. The summed E-state index contributed by atoms with van der Waals surface area (Å²) >= 11 is 0. The Hall–Kier alpha value is -2.30. The van der Waals surface area contributed by atoms with Crippen LogP contribution in [0.3, 0.4) is 0 Å². The zero-order chi connectivity index (χ0) is 17.9. The van der Waals surface area contributed by atoms with Crippen LogP contribution in [0.15, 0.2) is 49.6 Å². The zero-order valence-electron chi connectivity index (χ0n) is 14.9. The maximum Gasteiger partial charge on any atom is 0.131 e. The molecule has 4 nitrogen and oxygen atoms in total. The van der Waals surface area contributed by atoms with Crippen LogP contribution < -0.4 is 9.47 Å². The van der Waals surface area contributed by atoms with E-state index in [0.29, 0.717) is 19.3 Å². The van der Waals surface area contributed by atoms with E-state index >= 15 is 0 Å². The van der Waals surface area contributed by atoms with E-state index in [-0.39, 0.29) is 6.10 Å². The number of rotatable bonds is 10. The Labute approximate surface area is 154 Å². The molecule has 0 aliphatic carbocycles. The quantitative estimate of drug-likeness (QED) is 0.481. The average Bonchev–Trinajstić information content (AvgIpc) is 3.55. The lowest BCUT2D eigenvalue weighted by molar-refractivity contribution is 0.263. The summed E-state index contributed by atoms with van der Waals surface area (Å²) in [5.74, 6) is 1.80. The van der Waals surface area contributed by atoms with Crippen molar-refractivity contribution in [2.24, 2.45) is 0 Å². The summed E-state index contributed by atoms with van der Waals surface area (Å²) in [5.41, 5.74) is 2.29. The molecule has 4 rings (SSSR count). The van der Waals surface area contributed by atoms with Crippen molar-refractivity contribution in [2.45, 2.75) is 25.0 Å². The molecule has 2 aliphatic rings. The number of allylic oxidation sites excluding steroid dienone is 1. The van der Waals surface area contributed by atoms with Gasteiger partial charge in [0, 0.05) is 17.2 Å². The van der Waals surface area contributed by atoms with Gasteiger partial charge in [-0.05, 0) is 17.5 Å². The van der Waals surface area contributed by atoms with E-state index < -0.39 is 0 Å². The first-order chi connectivity index (χ1) is 12.8. The number of hydrogen-bond donors (Lipinski definition) is 0. The predicted molar refractivity (Wildman–Crippen MR) is 102 cm³/mol. The van der Waals surface area contributed by atoms with E-state index in [0.717, 1.165) is 53.9 Å². The van der Waals surface area contributed by atoms with Crippen molar-refractivity contribution in [3.63, 3.8) is 0 Å². The Balaban J connectivity index is 1.78. The minimum absolute atomic E-state index is 0.215. The highest BCUT2D eigenvalue weighted by atomic mass is 16.6. The van der Waals surface area contributed by atoms with Gasteiger partial charge >= 0.3 is 0 Å². The summed E-state index contributed by atoms with van der Waals surface area (Å²) in [5, 5.41) is 2.12. The topological polar surface area (TPSA) is 43.5 Å². The predicted octanol–water partition coefficient (Wildman–Crippen LogP) is 3.85. The van der Waals surface area contributed by atoms with Crippen LogP contribution >= 0.6 is 0 Å². The molecule has 136 valence electrons. The van der Waals surface area contributed by atoms with E-state index in [9.17, 15) is 0 Å². The Morgan fingerprint density at radius 2 is 1.54 bits per heavy atom. The van der Waals surface area contributed by atoms with E-state index in [1.54, 1.807) is 6.08 Å². The van der Waals surface area contributed by atoms with Crippen molar-refractivity contribution in [1.29, 1.82) is 0 Å². The first-order valence-corrected chi connectivity index (χ1v) is 9.08. The summed E-state index contributed by atoms with van der Waals surface area (Å²) < 4.78 is 22.9. The van der Waals surface area contributed by atoms with Crippen molar-refractivity contribution in [3.8, 4) is 11.5 Å². The molecule has 2 aromatic rings.